The van der Waals surface area contributed by atoms with Crippen molar-refractivity contribution in [2.75, 3.05) is 12.4 Å². The highest BCUT2D eigenvalue weighted by Crippen LogP contribution is 2.14. The Bertz CT molecular complexity index is 260. The Labute approximate surface area is 90.4 Å². The smallest absolute Gasteiger partial charge is 0.124 e. The standard InChI is InChI=1S/C9H10BrClFN/c10-8-3-7(4-9(12)5-8)6-13-2-1-11/h3-5,13H,1-2,6H2. The zero-order chi connectivity index (χ0) is 9.68. The number of benzene rings is 1. The van der Waals surface area contributed by atoms with Gasteiger partial charge in [0.15, 0.2) is 0 Å². The predicted molar refractivity (Wildman–Crippen MR) is 56.5 cm³/mol. The second-order valence-corrected chi connectivity index (χ2v) is 3.94. The monoisotopic (exact) mass is 265 g/mol. The molecule has 0 saturated carbocycles. The van der Waals surface area contributed by atoms with E-state index in [1.165, 1.54) is 12.1 Å². The van der Waals surface area contributed by atoms with E-state index in [0.717, 1.165) is 16.6 Å². The molecule has 1 N–H and O–H groups in total. The molecule has 0 unspecified atom stereocenters. The van der Waals surface area contributed by atoms with Crippen LogP contribution in [0.3, 0.4) is 0 Å². The SMILES string of the molecule is Fc1cc(Br)cc(CNCCCl)c1. The molecular formula is C9H10BrClFN. The van der Waals surface area contributed by atoms with Crippen LogP contribution in [0.2, 0.25) is 0 Å². The van der Waals surface area contributed by atoms with Gasteiger partial charge in [-0.25, -0.2) is 4.39 Å². The summed E-state index contributed by atoms with van der Waals surface area (Å²) in [5.41, 5.74) is 0.914. The van der Waals surface area contributed by atoms with E-state index in [9.17, 15) is 4.39 Å². The van der Waals surface area contributed by atoms with Crippen molar-refractivity contribution >= 4 is 27.5 Å². The highest BCUT2D eigenvalue weighted by molar-refractivity contribution is 9.10. The van der Waals surface area contributed by atoms with Gasteiger partial charge in [0.05, 0.1) is 0 Å². The van der Waals surface area contributed by atoms with E-state index in [0.29, 0.717) is 12.4 Å². The number of halogens is 3. The summed E-state index contributed by atoms with van der Waals surface area (Å²) in [5, 5.41) is 3.09. The lowest BCUT2D eigenvalue weighted by Gasteiger charge is -2.03. The highest BCUT2D eigenvalue weighted by atomic mass is 79.9. The first-order valence-electron chi connectivity index (χ1n) is 3.94. The van der Waals surface area contributed by atoms with Crippen LogP contribution in [-0.4, -0.2) is 12.4 Å². The molecule has 1 nitrogen and oxygen atoms in total. The molecule has 0 fully saturated rings. The van der Waals surface area contributed by atoms with Crippen molar-refractivity contribution < 1.29 is 4.39 Å². The third-order valence-electron chi connectivity index (χ3n) is 1.52. The Morgan fingerprint density at radius 2 is 2.15 bits per heavy atom. The lowest BCUT2D eigenvalue weighted by atomic mass is 10.2. The van der Waals surface area contributed by atoms with Crippen molar-refractivity contribution in [1.82, 2.24) is 5.32 Å². The zero-order valence-corrected chi connectivity index (χ0v) is 9.33. The fourth-order valence-corrected chi connectivity index (χ4v) is 1.66. The summed E-state index contributed by atoms with van der Waals surface area (Å²) < 4.78 is 13.6. The normalized spacial score (nSPS) is 10.4. The predicted octanol–water partition coefficient (Wildman–Crippen LogP) is 2.92. The topological polar surface area (TPSA) is 12.0 Å². The van der Waals surface area contributed by atoms with E-state index in [-0.39, 0.29) is 5.82 Å². The van der Waals surface area contributed by atoms with E-state index in [2.05, 4.69) is 21.2 Å². The molecule has 1 rings (SSSR count). The van der Waals surface area contributed by atoms with Crippen molar-refractivity contribution in [2.24, 2.45) is 0 Å². The van der Waals surface area contributed by atoms with Crippen molar-refractivity contribution in [2.45, 2.75) is 6.54 Å². The van der Waals surface area contributed by atoms with Gasteiger partial charge in [0.25, 0.3) is 0 Å². The molecule has 0 aromatic heterocycles. The molecule has 0 heterocycles. The minimum Gasteiger partial charge on any atom is -0.311 e. The van der Waals surface area contributed by atoms with E-state index in [4.69, 9.17) is 11.6 Å². The summed E-state index contributed by atoms with van der Waals surface area (Å²) in [5.74, 6) is 0.341. The summed E-state index contributed by atoms with van der Waals surface area (Å²) in [6, 6.07) is 4.82. The summed E-state index contributed by atoms with van der Waals surface area (Å²) in [4.78, 5) is 0. The van der Waals surface area contributed by atoms with Gasteiger partial charge in [0, 0.05) is 23.4 Å². The minimum atomic E-state index is -0.225. The average Bonchev–Trinajstić information content (AvgIpc) is 2.03. The van der Waals surface area contributed by atoms with Crippen LogP contribution in [0.25, 0.3) is 0 Å². The third-order valence-corrected chi connectivity index (χ3v) is 2.17. The van der Waals surface area contributed by atoms with Crippen LogP contribution in [0.15, 0.2) is 22.7 Å². The van der Waals surface area contributed by atoms with Gasteiger partial charge in [-0.2, -0.15) is 0 Å². The van der Waals surface area contributed by atoms with E-state index < -0.39 is 0 Å². The first-order valence-corrected chi connectivity index (χ1v) is 5.27. The van der Waals surface area contributed by atoms with Crippen LogP contribution >= 0.6 is 27.5 Å². The minimum absolute atomic E-state index is 0.225. The molecule has 0 radical (unpaired) electrons. The molecule has 72 valence electrons. The van der Waals surface area contributed by atoms with Crippen molar-refractivity contribution in [1.29, 1.82) is 0 Å². The molecule has 0 amide bonds. The number of nitrogens with one attached hydrogen (secondary N) is 1. The third kappa shape index (κ3) is 4.07. The van der Waals surface area contributed by atoms with Gasteiger partial charge in [-0.05, 0) is 23.8 Å². The Balaban J connectivity index is 2.56. The first kappa shape index (κ1) is 11.0. The number of alkyl halides is 1. The average molecular weight is 267 g/mol. The molecule has 4 heteroatoms. The van der Waals surface area contributed by atoms with Crippen LogP contribution in [0, 0.1) is 5.82 Å². The van der Waals surface area contributed by atoms with Crippen molar-refractivity contribution in [3.63, 3.8) is 0 Å². The number of hydrogen-bond acceptors (Lipinski definition) is 1. The molecular weight excluding hydrogens is 256 g/mol. The maximum absolute atomic E-state index is 12.9. The fraction of sp³-hybridized carbons (Fsp3) is 0.333. The van der Waals surface area contributed by atoms with Gasteiger partial charge in [-0.15, -0.1) is 11.6 Å². The van der Waals surface area contributed by atoms with Gasteiger partial charge in [-0.3, -0.25) is 0 Å². The summed E-state index contributed by atoms with van der Waals surface area (Å²) >= 11 is 8.71. The summed E-state index contributed by atoms with van der Waals surface area (Å²) in [6.07, 6.45) is 0. The molecule has 0 atom stereocenters. The van der Waals surface area contributed by atoms with Crippen molar-refractivity contribution in [3.05, 3.63) is 34.1 Å². The van der Waals surface area contributed by atoms with Crippen LogP contribution < -0.4 is 5.32 Å². The van der Waals surface area contributed by atoms with E-state index in [1.807, 2.05) is 6.07 Å². The van der Waals surface area contributed by atoms with Gasteiger partial charge in [-0.1, -0.05) is 15.9 Å². The fourth-order valence-electron chi connectivity index (χ4n) is 1.01. The molecule has 0 saturated heterocycles. The van der Waals surface area contributed by atoms with Crippen LogP contribution in [0.4, 0.5) is 4.39 Å². The molecule has 13 heavy (non-hydrogen) atoms. The quantitative estimate of drug-likeness (QED) is 0.653. The summed E-state index contributed by atoms with van der Waals surface area (Å²) in [7, 11) is 0. The molecule has 1 aromatic rings. The highest BCUT2D eigenvalue weighted by Gasteiger charge is 1.97. The lowest BCUT2D eigenvalue weighted by Crippen LogP contribution is -2.15. The maximum atomic E-state index is 12.9. The van der Waals surface area contributed by atoms with E-state index in [1.54, 1.807) is 0 Å². The zero-order valence-electron chi connectivity index (χ0n) is 6.99. The summed E-state index contributed by atoms with van der Waals surface area (Å²) in [6.45, 7) is 1.37. The second-order valence-electron chi connectivity index (χ2n) is 2.64. The molecule has 0 spiro atoms. The van der Waals surface area contributed by atoms with Crippen LogP contribution in [0.5, 0.6) is 0 Å². The second kappa shape index (κ2) is 5.58. The van der Waals surface area contributed by atoms with Gasteiger partial charge >= 0.3 is 0 Å². The van der Waals surface area contributed by atoms with Crippen LogP contribution in [0.1, 0.15) is 5.56 Å². The maximum Gasteiger partial charge on any atom is 0.124 e. The van der Waals surface area contributed by atoms with Crippen LogP contribution in [-0.2, 0) is 6.54 Å². The van der Waals surface area contributed by atoms with Gasteiger partial charge in [0.1, 0.15) is 5.82 Å². The molecule has 1 aromatic carbocycles. The van der Waals surface area contributed by atoms with Gasteiger partial charge in [0.2, 0.25) is 0 Å². The Morgan fingerprint density at radius 1 is 1.38 bits per heavy atom. The van der Waals surface area contributed by atoms with Crippen molar-refractivity contribution in [3.8, 4) is 0 Å². The molecule has 0 aliphatic carbocycles. The number of hydrogen-bond donors (Lipinski definition) is 1. The Kier molecular flexibility index (Phi) is 4.70. The van der Waals surface area contributed by atoms with Gasteiger partial charge < -0.3 is 5.32 Å². The molecule has 0 aliphatic heterocycles. The molecule has 0 aliphatic rings. The lowest BCUT2D eigenvalue weighted by molar-refractivity contribution is 0.621. The molecule has 0 bridgehead atoms. The number of rotatable bonds is 4. The Morgan fingerprint density at radius 3 is 2.77 bits per heavy atom. The Hall–Kier alpha value is -0.120. The largest absolute Gasteiger partial charge is 0.311 e. The van der Waals surface area contributed by atoms with E-state index >= 15 is 0 Å². The first-order chi connectivity index (χ1) is 6.22.